The molecule has 122 valence electrons. The molecule has 0 saturated carbocycles. The molecule has 0 fully saturated rings. The van der Waals surface area contributed by atoms with Crippen LogP contribution in [-0.2, 0) is 0 Å². The van der Waals surface area contributed by atoms with E-state index in [0.717, 1.165) is 16.7 Å². The van der Waals surface area contributed by atoms with Crippen LogP contribution in [0.25, 0.3) is 16.7 Å². The number of aromatic hydroxyl groups is 1. The van der Waals surface area contributed by atoms with Crippen molar-refractivity contribution in [2.45, 2.75) is 0 Å². The highest BCUT2D eigenvalue weighted by Crippen LogP contribution is 2.21. The highest BCUT2D eigenvalue weighted by atomic mass is 16.3. The van der Waals surface area contributed by atoms with Gasteiger partial charge in [0.25, 0.3) is 5.91 Å². The summed E-state index contributed by atoms with van der Waals surface area (Å²) in [5, 5.41) is 12.3. The summed E-state index contributed by atoms with van der Waals surface area (Å²) in [5.74, 6) is -0.273. The lowest BCUT2D eigenvalue weighted by Gasteiger charge is -2.08. The van der Waals surface area contributed by atoms with Gasteiger partial charge >= 0.3 is 0 Å². The molecule has 25 heavy (non-hydrogen) atoms. The molecule has 0 unspecified atom stereocenters. The fraction of sp³-hybridized carbons (Fsp3) is 0. The van der Waals surface area contributed by atoms with Crippen molar-refractivity contribution in [2.24, 2.45) is 0 Å². The Balaban J connectivity index is 1.60. The van der Waals surface area contributed by atoms with Crippen LogP contribution in [0.15, 0.2) is 73.2 Å². The molecular weight excluding hydrogens is 316 g/mol. The zero-order valence-electron chi connectivity index (χ0n) is 13.1. The minimum atomic E-state index is -0.337. The summed E-state index contributed by atoms with van der Waals surface area (Å²) in [6.45, 7) is 0. The van der Waals surface area contributed by atoms with Gasteiger partial charge in [0, 0.05) is 17.4 Å². The number of pyridine rings is 1. The second kappa shape index (κ2) is 6.09. The normalized spacial score (nSPS) is 10.7. The summed E-state index contributed by atoms with van der Waals surface area (Å²) in [6.07, 6.45) is 3.26. The second-order valence-corrected chi connectivity index (χ2v) is 5.48. The van der Waals surface area contributed by atoms with Gasteiger partial charge in [0.1, 0.15) is 6.33 Å². The van der Waals surface area contributed by atoms with Crippen LogP contribution in [0.2, 0.25) is 0 Å². The van der Waals surface area contributed by atoms with Crippen molar-refractivity contribution in [3.8, 4) is 11.4 Å². The number of hydrogen-bond donors (Lipinski definition) is 2. The van der Waals surface area contributed by atoms with Gasteiger partial charge < -0.3 is 10.4 Å². The van der Waals surface area contributed by atoms with E-state index in [-0.39, 0.29) is 17.5 Å². The first-order valence-corrected chi connectivity index (χ1v) is 7.70. The Morgan fingerprint density at radius 1 is 0.960 bits per heavy atom. The van der Waals surface area contributed by atoms with Gasteiger partial charge in [-0.3, -0.25) is 9.36 Å². The molecule has 4 rings (SSSR count). The van der Waals surface area contributed by atoms with E-state index in [1.54, 1.807) is 24.5 Å². The molecule has 2 aromatic heterocycles. The lowest BCUT2D eigenvalue weighted by molar-refractivity contribution is 0.102. The molecule has 2 aromatic carbocycles. The Labute approximate surface area is 143 Å². The van der Waals surface area contributed by atoms with Crippen molar-refractivity contribution in [3.63, 3.8) is 0 Å². The van der Waals surface area contributed by atoms with Gasteiger partial charge in [0.15, 0.2) is 11.6 Å². The van der Waals surface area contributed by atoms with Gasteiger partial charge in [-0.15, -0.1) is 0 Å². The Morgan fingerprint density at radius 2 is 1.76 bits per heavy atom. The average molecular weight is 330 g/mol. The SMILES string of the molecule is O=C(Nc1ncccc1O)c1ccc(-n2cnc3ccccc32)cc1. The van der Waals surface area contributed by atoms with E-state index in [2.05, 4.69) is 15.3 Å². The number of anilines is 1. The molecule has 1 amide bonds. The molecule has 6 nitrogen and oxygen atoms in total. The Morgan fingerprint density at radius 3 is 2.56 bits per heavy atom. The van der Waals surface area contributed by atoms with E-state index < -0.39 is 0 Å². The minimum Gasteiger partial charge on any atom is -0.504 e. The molecule has 2 heterocycles. The van der Waals surface area contributed by atoms with E-state index in [1.807, 2.05) is 41.0 Å². The number of aromatic nitrogens is 3. The Bertz CT molecular complexity index is 1050. The van der Waals surface area contributed by atoms with Crippen molar-refractivity contribution in [1.82, 2.24) is 14.5 Å². The zero-order chi connectivity index (χ0) is 17.2. The van der Waals surface area contributed by atoms with Crippen molar-refractivity contribution >= 4 is 22.8 Å². The third-order valence-electron chi connectivity index (χ3n) is 3.88. The van der Waals surface area contributed by atoms with Gasteiger partial charge in [0.2, 0.25) is 0 Å². The minimum absolute atomic E-state index is 0.0719. The number of carbonyl (C=O) groups excluding carboxylic acids is 1. The number of benzene rings is 2. The van der Waals surface area contributed by atoms with Gasteiger partial charge in [-0.2, -0.15) is 0 Å². The number of hydrogen-bond acceptors (Lipinski definition) is 4. The molecule has 0 radical (unpaired) electrons. The van der Waals surface area contributed by atoms with Crippen LogP contribution in [0.5, 0.6) is 5.75 Å². The van der Waals surface area contributed by atoms with Crippen LogP contribution < -0.4 is 5.32 Å². The van der Waals surface area contributed by atoms with Crippen molar-refractivity contribution < 1.29 is 9.90 Å². The first-order chi connectivity index (χ1) is 12.2. The number of rotatable bonds is 3. The molecule has 0 bridgehead atoms. The quantitative estimate of drug-likeness (QED) is 0.603. The number of amides is 1. The maximum absolute atomic E-state index is 12.3. The molecule has 0 aliphatic rings. The molecule has 0 saturated heterocycles. The van der Waals surface area contributed by atoms with Gasteiger partial charge in [-0.05, 0) is 48.5 Å². The highest BCUT2D eigenvalue weighted by Gasteiger charge is 2.10. The predicted octanol–water partition coefficient (Wildman–Crippen LogP) is 3.38. The third-order valence-corrected chi connectivity index (χ3v) is 3.88. The van der Waals surface area contributed by atoms with Crippen LogP contribution in [0.1, 0.15) is 10.4 Å². The first kappa shape index (κ1) is 14.9. The summed E-state index contributed by atoms with van der Waals surface area (Å²) >= 11 is 0. The van der Waals surface area contributed by atoms with Crippen molar-refractivity contribution in [1.29, 1.82) is 0 Å². The Hall–Kier alpha value is -3.67. The summed E-state index contributed by atoms with van der Waals surface area (Å²) < 4.78 is 1.96. The fourth-order valence-electron chi connectivity index (χ4n) is 2.61. The number of imidazole rings is 1. The van der Waals surface area contributed by atoms with Crippen LogP contribution in [0, 0.1) is 0 Å². The third kappa shape index (κ3) is 2.81. The Kier molecular flexibility index (Phi) is 3.63. The summed E-state index contributed by atoms with van der Waals surface area (Å²) in [4.78, 5) is 20.6. The standard InChI is InChI=1S/C19H14N4O2/c24-17-6-3-11-20-18(17)22-19(25)13-7-9-14(10-8-13)23-12-21-15-4-1-2-5-16(15)23/h1-12,24H,(H,20,22,25). The number of nitrogens with zero attached hydrogens (tertiary/aromatic N) is 3. The van der Waals surface area contributed by atoms with Crippen LogP contribution in [0.3, 0.4) is 0 Å². The maximum Gasteiger partial charge on any atom is 0.256 e. The lowest BCUT2D eigenvalue weighted by atomic mass is 10.2. The van der Waals surface area contributed by atoms with Gasteiger partial charge in [-0.25, -0.2) is 9.97 Å². The molecule has 4 aromatic rings. The number of nitrogens with one attached hydrogen (secondary N) is 1. The molecule has 6 heteroatoms. The van der Waals surface area contributed by atoms with Crippen LogP contribution in [-0.4, -0.2) is 25.5 Å². The lowest BCUT2D eigenvalue weighted by Crippen LogP contribution is -2.13. The molecule has 0 atom stereocenters. The summed E-state index contributed by atoms with van der Waals surface area (Å²) in [6, 6.07) is 18.0. The molecule has 0 aliphatic heterocycles. The zero-order valence-corrected chi connectivity index (χ0v) is 13.1. The maximum atomic E-state index is 12.3. The van der Waals surface area contributed by atoms with Gasteiger partial charge in [0.05, 0.1) is 11.0 Å². The smallest absolute Gasteiger partial charge is 0.256 e. The predicted molar refractivity (Wildman–Crippen MR) is 94.9 cm³/mol. The van der Waals surface area contributed by atoms with E-state index >= 15 is 0 Å². The van der Waals surface area contributed by atoms with E-state index in [4.69, 9.17) is 0 Å². The largest absolute Gasteiger partial charge is 0.504 e. The second-order valence-electron chi connectivity index (χ2n) is 5.48. The molecule has 0 aliphatic carbocycles. The van der Waals surface area contributed by atoms with E-state index in [1.165, 1.54) is 12.3 Å². The summed E-state index contributed by atoms with van der Waals surface area (Å²) in [5.41, 5.74) is 3.29. The van der Waals surface area contributed by atoms with Crippen molar-refractivity contribution in [2.75, 3.05) is 5.32 Å². The monoisotopic (exact) mass is 330 g/mol. The number of para-hydroxylation sites is 2. The molecule has 2 N–H and O–H groups in total. The molecular formula is C19H14N4O2. The summed E-state index contributed by atoms with van der Waals surface area (Å²) in [7, 11) is 0. The molecule has 0 spiro atoms. The topological polar surface area (TPSA) is 80.0 Å². The van der Waals surface area contributed by atoms with E-state index in [9.17, 15) is 9.90 Å². The first-order valence-electron chi connectivity index (χ1n) is 7.70. The van der Waals surface area contributed by atoms with Gasteiger partial charge in [-0.1, -0.05) is 12.1 Å². The van der Waals surface area contributed by atoms with Crippen molar-refractivity contribution in [3.05, 3.63) is 78.8 Å². The van der Waals surface area contributed by atoms with Crippen LogP contribution >= 0.6 is 0 Å². The average Bonchev–Trinajstić information content (AvgIpc) is 3.08. The van der Waals surface area contributed by atoms with E-state index in [0.29, 0.717) is 5.56 Å². The fourth-order valence-corrected chi connectivity index (χ4v) is 2.61. The number of fused-ring (bicyclic) bond motifs is 1. The van der Waals surface area contributed by atoms with Crippen LogP contribution in [0.4, 0.5) is 5.82 Å². The highest BCUT2D eigenvalue weighted by molar-refractivity contribution is 6.04. The number of carbonyl (C=O) groups is 1.